The van der Waals surface area contributed by atoms with Crippen molar-refractivity contribution in [1.29, 1.82) is 0 Å². The van der Waals surface area contributed by atoms with E-state index in [1.54, 1.807) is 0 Å². The second kappa shape index (κ2) is 6.14. The predicted molar refractivity (Wildman–Crippen MR) is 85.3 cm³/mol. The van der Waals surface area contributed by atoms with E-state index in [2.05, 4.69) is 64.9 Å². The standard InChI is InChI=1S/C19H17N2/c1-16(15-17-5-3-2-4-6-17)21-13-9-19(10-14-21)18-7-11-20-12-8-18/h2-14H,1,15H2/q+1. The first-order valence-corrected chi connectivity index (χ1v) is 6.97. The van der Waals surface area contributed by atoms with Crippen LogP contribution in [0.15, 0.2) is 86.0 Å². The number of aromatic nitrogens is 2. The molecule has 2 nitrogen and oxygen atoms in total. The summed E-state index contributed by atoms with van der Waals surface area (Å²) in [4.78, 5) is 4.04. The zero-order valence-electron chi connectivity index (χ0n) is 11.8. The van der Waals surface area contributed by atoms with E-state index >= 15 is 0 Å². The minimum absolute atomic E-state index is 0.847. The van der Waals surface area contributed by atoms with Gasteiger partial charge in [-0.15, -0.1) is 0 Å². The largest absolute Gasteiger partial charge is 0.265 e. The number of benzene rings is 1. The van der Waals surface area contributed by atoms with Crippen LogP contribution in [-0.4, -0.2) is 4.98 Å². The van der Waals surface area contributed by atoms with Gasteiger partial charge in [-0.25, -0.2) is 0 Å². The van der Waals surface area contributed by atoms with Gasteiger partial charge in [0.15, 0.2) is 18.1 Å². The number of hydrogen-bond donors (Lipinski definition) is 0. The summed E-state index contributed by atoms with van der Waals surface area (Å²) in [6, 6.07) is 18.6. The lowest BCUT2D eigenvalue weighted by molar-refractivity contribution is -0.582. The lowest BCUT2D eigenvalue weighted by Crippen LogP contribution is -2.31. The Morgan fingerprint density at radius 3 is 2.14 bits per heavy atom. The van der Waals surface area contributed by atoms with Gasteiger partial charge in [0.1, 0.15) is 0 Å². The Morgan fingerprint density at radius 2 is 1.48 bits per heavy atom. The Morgan fingerprint density at radius 1 is 0.857 bits per heavy atom. The molecule has 2 aromatic heterocycles. The van der Waals surface area contributed by atoms with Crippen LogP contribution in [0.5, 0.6) is 0 Å². The SMILES string of the molecule is C=C(Cc1ccccc1)[n+]1ccc(-c2ccncc2)cc1. The molecule has 2 heteroatoms. The van der Waals surface area contributed by atoms with Crippen LogP contribution < -0.4 is 4.57 Å². The molecule has 0 saturated carbocycles. The zero-order chi connectivity index (χ0) is 14.5. The van der Waals surface area contributed by atoms with Crippen LogP contribution in [0.3, 0.4) is 0 Å². The van der Waals surface area contributed by atoms with E-state index in [0.29, 0.717) is 0 Å². The summed E-state index contributed by atoms with van der Waals surface area (Å²) >= 11 is 0. The molecule has 21 heavy (non-hydrogen) atoms. The maximum atomic E-state index is 4.18. The highest BCUT2D eigenvalue weighted by Crippen LogP contribution is 2.16. The molecular weight excluding hydrogens is 256 g/mol. The molecule has 0 aliphatic heterocycles. The third-order valence-corrected chi connectivity index (χ3v) is 3.46. The average molecular weight is 273 g/mol. The fourth-order valence-corrected chi connectivity index (χ4v) is 2.30. The van der Waals surface area contributed by atoms with Crippen LogP contribution in [0.4, 0.5) is 0 Å². The second-order valence-electron chi connectivity index (χ2n) is 4.96. The van der Waals surface area contributed by atoms with E-state index in [4.69, 9.17) is 0 Å². The van der Waals surface area contributed by atoms with Crippen molar-refractivity contribution in [3.8, 4) is 11.1 Å². The second-order valence-corrected chi connectivity index (χ2v) is 4.96. The number of rotatable bonds is 4. The van der Waals surface area contributed by atoms with Gasteiger partial charge in [-0.05, 0) is 35.4 Å². The third kappa shape index (κ3) is 3.23. The smallest absolute Gasteiger partial charge is 0.184 e. The first-order valence-electron chi connectivity index (χ1n) is 6.97. The topological polar surface area (TPSA) is 16.8 Å². The molecule has 0 saturated heterocycles. The summed E-state index contributed by atoms with van der Waals surface area (Å²) in [6.07, 6.45) is 8.58. The van der Waals surface area contributed by atoms with Crippen molar-refractivity contribution >= 4 is 5.70 Å². The van der Waals surface area contributed by atoms with E-state index in [9.17, 15) is 0 Å². The van der Waals surface area contributed by atoms with E-state index < -0.39 is 0 Å². The highest BCUT2D eigenvalue weighted by molar-refractivity contribution is 5.61. The van der Waals surface area contributed by atoms with Crippen LogP contribution >= 0.6 is 0 Å². The molecule has 0 amide bonds. The van der Waals surface area contributed by atoms with Gasteiger partial charge in [0, 0.05) is 24.5 Å². The molecule has 3 aromatic rings. The normalized spacial score (nSPS) is 10.3. The number of hydrogen-bond acceptors (Lipinski definition) is 1. The van der Waals surface area contributed by atoms with Gasteiger partial charge in [-0.2, -0.15) is 4.57 Å². The fourth-order valence-electron chi connectivity index (χ4n) is 2.30. The molecule has 0 radical (unpaired) electrons. The van der Waals surface area contributed by atoms with Crippen LogP contribution in [0.1, 0.15) is 5.56 Å². The van der Waals surface area contributed by atoms with E-state index in [-0.39, 0.29) is 0 Å². The monoisotopic (exact) mass is 273 g/mol. The van der Waals surface area contributed by atoms with E-state index in [0.717, 1.165) is 12.1 Å². The summed E-state index contributed by atoms with van der Waals surface area (Å²) in [7, 11) is 0. The summed E-state index contributed by atoms with van der Waals surface area (Å²) in [5.74, 6) is 0. The molecule has 0 atom stereocenters. The fraction of sp³-hybridized carbons (Fsp3) is 0.0526. The van der Waals surface area contributed by atoms with Gasteiger partial charge in [-0.3, -0.25) is 4.98 Å². The first-order chi connectivity index (χ1) is 10.3. The lowest BCUT2D eigenvalue weighted by atomic mass is 10.1. The van der Waals surface area contributed by atoms with Gasteiger partial charge in [0.25, 0.3) is 0 Å². The Bertz CT molecular complexity index is 717. The molecule has 0 aliphatic carbocycles. The molecular formula is C19H17N2+. The van der Waals surface area contributed by atoms with Crippen molar-refractivity contribution in [2.75, 3.05) is 0 Å². The van der Waals surface area contributed by atoms with Gasteiger partial charge < -0.3 is 0 Å². The number of nitrogens with zero attached hydrogens (tertiary/aromatic N) is 2. The summed E-state index contributed by atoms with van der Waals surface area (Å²) in [5.41, 5.74) is 4.68. The third-order valence-electron chi connectivity index (χ3n) is 3.46. The van der Waals surface area contributed by atoms with Crippen molar-refractivity contribution in [3.63, 3.8) is 0 Å². The quantitative estimate of drug-likeness (QED) is 0.662. The van der Waals surface area contributed by atoms with Gasteiger partial charge in [0.05, 0.1) is 6.42 Å². The summed E-state index contributed by atoms with van der Waals surface area (Å²) in [5, 5.41) is 0. The molecule has 0 unspecified atom stereocenters. The van der Waals surface area contributed by atoms with Crippen molar-refractivity contribution in [1.82, 2.24) is 4.98 Å². The van der Waals surface area contributed by atoms with Crippen molar-refractivity contribution in [2.45, 2.75) is 6.42 Å². The molecule has 3 rings (SSSR count). The molecule has 0 N–H and O–H groups in total. The minimum Gasteiger partial charge on any atom is -0.265 e. The Kier molecular flexibility index (Phi) is 3.88. The van der Waals surface area contributed by atoms with Gasteiger partial charge in [0.2, 0.25) is 0 Å². The highest BCUT2D eigenvalue weighted by atomic mass is 14.9. The zero-order valence-corrected chi connectivity index (χ0v) is 11.8. The van der Waals surface area contributed by atoms with Crippen LogP contribution in [0, 0.1) is 0 Å². The van der Waals surface area contributed by atoms with Crippen LogP contribution in [0.2, 0.25) is 0 Å². The summed E-state index contributed by atoms with van der Waals surface area (Å²) < 4.78 is 2.07. The summed E-state index contributed by atoms with van der Waals surface area (Å²) in [6.45, 7) is 4.18. The van der Waals surface area contributed by atoms with E-state index in [1.807, 2.05) is 30.6 Å². The van der Waals surface area contributed by atoms with Gasteiger partial charge >= 0.3 is 0 Å². The molecule has 2 heterocycles. The van der Waals surface area contributed by atoms with Gasteiger partial charge in [-0.1, -0.05) is 30.3 Å². The first kappa shape index (κ1) is 13.3. The van der Waals surface area contributed by atoms with Crippen molar-refractivity contribution in [2.24, 2.45) is 0 Å². The van der Waals surface area contributed by atoms with Crippen molar-refractivity contribution < 1.29 is 4.57 Å². The Balaban J connectivity index is 1.77. The van der Waals surface area contributed by atoms with Crippen molar-refractivity contribution in [3.05, 3.63) is 91.5 Å². The maximum absolute atomic E-state index is 4.18. The molecule has 0 spiro atoms. The average Bonchev–Trinajstić information content (AvgIpc) is 2.57. The predicted octanol–water partition coefficient (Wildman–Crippen LogP) is 3.75. The molecule has 0 bridgehead atoms. The Labute approximate surface area is 125 Å². The van der Waals surface area contributed by atoms with E-state index in [1.165, 1.54) is 16.7 Å². The molecule has 0 fully saturated rings. The molecule has 102 valence electrons. The highest BCUT2D eigenvalue weighted by Gasteiger charge is 2.08. The maximum Gasteiger partial charge on any atom is 0.184 e. The Hall–Kier alpha value is -2.74. The lowest BCUT2D eigenvalue weighted by Gasteiger charge is -2.03. The minimum atomic E-state index is 0.847. The number of allylic oxidation sites excluding steroid dienone is 1. The van der Waals surface area contributed by atoms with Crippen LogP contribution in [0.25, 0.3) is 16.8 Å². The number of pyridine rings is 2. The van der Waals surface area contributed by atoms with Crippen LogP contribution in [-0.2, 0) is 6.42 Å². The molecule has 0 aliphatic rings. The molecule has 1 aromatic carbocycles.